The monoisotopic (exact) mass is 212 g/mol. The molecule has 0 radical (unpaired) electrons. The molecule has 0 aromatic rings. The van der Waals surface area contributed by atoms with Crippen molar-refractivity contribution in [2.24, 2.45) is 0 Å². The van der Waals surface area contributed by atoms with Gasteiger partial charge in [0.05, 0.1) is 0 Å². The van der Waals surface area contributed by atoms with Crippen molar-refractivity contribution < 1.29 is 4.43 Å². The Bertz CT molecular complexity index is 200. The largest absolute Gasteiger partial charge is 0.404 e. The van der Waals surface area contributed by atoms with Gasteiger partial charge >= 0.3 is 0 Å². The molecule has 0 rings (SSSR count). The van der Waals surface area contributed by atoms with Gasteiger partial charge < -0.3 is 4.43 Å². The van der Waals surface area contributed by atoms with E-state index in [2.05, 4.69) is 38.8 Å². The smallest absolute Gasteiger partial charge is 0.188 e. The maximum absolute atomic E-state index is 6.09. The molecule has 0 saturated carbocycles. The van der Waals surface area contributed by atoms with Crippen LogP contribution in [0.5, 0.6) is 0 Å². The standard InChI is InChI=1S/C12H24OSi/c1-6-9-11-14(4,5)13-12(8-3)10-7-2/h12H,6,8-9,11H2,1-5H3. The lowest BCUT2D eigenvalue weighted by molar-refractivity contribution is 0.242. The fraction of sp³-hybridized carbons (Fsp3) is 0.833. The third-order valence-corrected chi connectivity index (χ3v) is 4.75. The highest BCUT2D eigenvalue weighted by molar-refractivity contribution is 6.71. The summed E-state index contributed by atoms with van der Waals surface area (Å²) in [5.41, 5.74) is 0. The minimum Gasteiger partial charge on any atom is -0.404 e. The quantitative estimate of drug-likeness (QED) is 0.480. The summed E-state index contributed by atoms with van der Waals surface area (Å²) in [4.78, 5) is 0. The van der Waals surface area contributed by atoms with Gasteiger partial charge in [-0.15, -0.1) is 5.92 Å². The van der Waals surface area contributed by atoms with Crippen molar-refractivity contribution in [2.75, 3.05) is 0 Å². The van der Waals surface area contributed by atoms with Crippen LogP contribution in [0.4, 0.5) is 0 Å². The Morgan fingerprint density at radius 1 is 1.29 bits per heavy atom. The molecule has 0 fully saturated rings. The Kier molecular flexibility index (Phi) is 6.95. The first-order valence-corrected chi connectivity index (χ1v) is 8.77. The molecule has 0 aliphatic rings. The van der Waals surface area contributed by atoms with Gasteiger partial charge in [0.15, 0.2) is 8.32 Å². The van der Waals surface area contributed by atoms with Crippen molar-refractivity contribution >= 4 is 8.32 Å². The van der Waals surface area contributed by atoms with Gasteiger partial charge in [0, 0.05) is 0 Å². The van der Waals surface area contributed by atoms with Gasteiger partial charge in [-0.25, -0.2) is 0 Å². The third kappa shape index (κ3) is 6.23. The maximum atomic E-state index is 6.09. The van der Waals surface area contributed by atoms with Gasteiger partial charge in [-0.1, -0.05) is 32.6 Å². The molecule has 0 bridgehead atoms. The molecule has 1 atom stereocenters. The molecule has 0 amide bonds. The van der Waals surface area contributed by atoms with E-state index in [4.69, 9.17) is 4.43 Å². The number of hydrogen-bond donors (Lipinski definition) is 0. The van der Waals surface area contributed by atoms with Crippen LogP contribution in [0, 0.1) is 11.8 Å². The van der Waals surface area contributed by atoms with E-state index in [1.165, 1.54) is 18.9 Å². The van der Waals surface area contributed by atoms with Crippen molar-refractivity contribution in [1.82, 2.24) is 0 Å². The van der Waals surface area contributed by atoms with Crippen LogP contribution in [0.1, 0.15) is 40.0 Å². The van der Waals surface area contributed by atoms with Gasteiger partial charge in [0.2, 0.25) is 0 Å². The molecule has 14 heavy (non-hydrogen) atoms. The van der Waals surface area contributed by atoms with E-state index in [1.807, 2.05) is 6.92 Å². The van der Waals surface area contributed by atoms with E-state index < -0.39 is 8.32 Å². The summed E-state index contributed by atoms with van der Waals surface area (Å²) in [6.45, 7) is 10.8. The summed E-state index contributed by atoms with van der Waals surface area (Å²) in [6.07, 6.45) is 3.72. The minimum atomic E-state index is -1.45. The van der Waals surface area contributed by atoms with Gasteiger partial charge in [-0.3, -0.25) is 0 Å². The summed E-state index contributed by atoms with van der Waals surface area (Å²) >= 11 is 0. The van der Waals surface area contributed by atoms with Crippen LogP contribution >= 0.6 is 0 Å². The highest BCUT2D eigenvalue weighted by Gasteiger charge is 2.24. The minimum absolute atomic E-state index is 0.165. The first-order valence-electron chi connectivity index (χ1n) is 5.65. The molecule has 0 aliphatic carbocycles. The van der Waals surface area contributed by atoms with Gasteiger partial charge in [-0.05, 0) is 32.5 Å². The van der Waals surface area contributed by atoms with E-state index >= 15 is 0 Å². The van der Waals surface area contributed by atoms with E-state index in [1.54, 1.807) is 0 Å². The fourth-order valence-electron chi connectivity index (χ4n) is 1.42. The van der Waals surface area contributed by atoms with Gasteiger partial charge in [-0.2, -0.15) is 0 Å². The molecule has 0 heterocycles. The second-order valence-corrected chi connectivity index (χ2v) is 8.53. The molecular formula is C12H24OSi. The lowest BCUT2D eigenvalue weighted by Gasteiger charge is -2.26. The summed E-state index contributed by atoms with van der Waals surface area (Å²) in [7, 11) is -1.45. The summed E-state index contributed by atoms with van der Waals surface area (Å²) in [5, 5.41) is 0. The molecule has 0 aromatic carbocycles. The van der Waals surface area contributed by atoms with Gasteiger partial charge in [0.1, 0.15) is 6.10 Å². The molecular weight excluding hydrogens is 188 g/mol. The van der Waals surface area contributed by atoms with Crippen molar-refractivity contribution in [3.63, 3.8) is 0 Å². The van der Waals surface area contributed by atoms with Crippen LogP contribution in [0.3, 0.4) is 0 Å². The van der Waals surface area contributed by atoms with Crippen LogP contribution in [-0.4, -0.2) is 14.4 Å². The second kappa shape index (κ2) is 7.08. The average molecular weight is 212 g/mol. The van der Waals surface area contributed by atoms with Crippen molar-refractivity contribution in [3.8, 4) is 11.8 Å². The van der Waals surface area contributed by atoms with Crippen LogP contribution in [0.2, 0.25) is 19.1 Å². The zero-order valence-electron chi connectivity index (χ0n) is 10.3. The normalized spacial score (nSPS) is 13.2. The Morgan fingerprint density at radius 3 is 2.36 bits per heavy atom. The van der Waals surface area contributed by atoms with E-state index in [0.717, 1.165) is 6.42 Å². The average Bonchev–Trinajstić information content (AvgIpc) is 2.14. The van der Waals surface area contributed by atoms with Crippen LogP contribution in [0.25, 0.3) is 0 Å². The van der Waals surface area contributed by atoms with E-state index in [9.17, 15) is 0 Å². The highest BCUT2D eigenvalue weighted by Crippen LogP contribution is 2.18. The fourth-order valence-corrected chi connectivity index (χ4v) is 3.74. The zero-order chi connectivity index (χ0) is 11.0. The first-order chi connectivity index (χ1) is 6.55. The van der Waals surface area contributed by atoms with E-state index in [-0.39, 0.29) is 6.10 Å². The molecule has 2 heteroatoms. The summed E-state index contributed by atoms with van der Waals surface area (Å²) in [6, 6.07) is 1.26. The lowest BCUT2D eigenvalue weighted by atomic mass is 10.3. The van der Waals surface area contributed by atoms with Crippen LogP contribution in [-0.2, 0) is 4.43 Å². The number of hydrogen-bond acceptors (Lipinski definition) is 1. The SMILES string of the molecule is CC#CC(CC)O[Si](C)(C)CCCC. The third-order valence-electron chi connectivity index (χ3n) is 2.27. The highest BCUT2D eigenvalue weighted by atomic mass is 28.4. The summed E-state index contributed by atoms with van der Waals surface area (Å²) < 4.78 is 6.09. The molecule has 0 spiro atoms. The van der Waals surface area contributed by atoms with E-state index in [0.29, 0.717) is 0 Å². The Labute approximate surface area is 90.4 Å². The number of rotatable bonds is 6. The topological polar surface area (TPSA) is 9.23 Å². The Balaban J connectivity index is 4.07. The first kappa shape index (κ1) is 13.7. The predicted molar refractivity (Wildman–Crippen MR) is 65.8 cm³/mol. The molecule has 0 saturated heterocycles. The molecule has 82 valence electrons. The van der Waals surface area contributed by atoms with Crippen molar-refractivity contribution in [1.29, 1.82) is 0 Å². The van der Waals surface area contributed by atoms with Crippen molar-refractivity contribution in [3.05, 3.63) is 0 Å². The Hall–Kier alpha value is -0.263. The van der Waals surface area contributed by atoms with Gasteiger partial charge in [0.25, 0.3) is 0 Å². The lowest BCUT2D eigenvalue weighted by Crippen LogP contribution is -2.34. The molecule has 1 unspecified atom stereocenters. The zero-order valence-corrected chi connectivity index (χ0v) is 11.3. The van der Waals surface area contributed by atoms with Crippen molar-refractivity contribution in [2.45, 2.75) is 65.3 Å². The molecule has 0 aliphatic heterocycles. The van der Waals surface area contributed by atoms with Crippen LogP contribution in [0.15, 0.2) is 0 Å². The molecule has 0 aromatic heterocycles. The second-order valence-electron chi connectivity index (χ2n) is 4.27. The maximum Gasteiger partial charge on any atom is 0.188 e. The Morgan fingerprint density at radius 2 is 1.93 bits per heavy atom. The molecule has 1 nitrogen and oxygen atoms in total. The molecule has 0 N–H and O–H groups in total. The van der Waals surface area contributed by atoms with Crippen LogP contribution < -0.4 is 0 Å². The predicted octanol–water partition coefficient (Wildman–Crippen LogP) is 3.81. The number of unbranched alkanes of at least 4 members (excludes halogenated alkanes) is 1. The summed E-state index contributed by atoms with van der Waals surface area (Å²) in [5.74, 6) is 6.07.